The van der Waals surface area contributed by atoms with Crippen LogP contribution in [0.3, 0.4) is 0 Å². The SMILES string of the molecule is CC(C)c1ccc([C@H](C)NC(=O)CN2C(=O)N[C@@]3(C[C@H](C)CC(C)(C)C3)C2=O)cc1. The van der Waals surface area contributed by atoms with Crippen molar-refractivity contribution >= 4 is 17.8 Å². The minimum absolute atomic E-state index is 0.0322. The molecule has 0 radical (unpaired) electrons. The lowest BCUT2D eigenvalue weighted by atomic mass is 9.64. The van der Waals surface area contributed by atoms with Gasteiger partial charge in [0.2, 0.25) is 5.91 Å². The van der Waals surface area contributed by atoms with Gasteiger partial charge in [-0.05, 0) is 54.6 Å². The van der Waals surface area contributed by atoms with Gasteiger partial charge in [-0.1, -0.05) is 58.9 Å². The third-order valence-corrected chi connectivity index (χ3v) is 6.41. The number of carbonyl (C=O) groups is 3. The van der Waals surface area contributed by atoms with Crippen LogP contribution in [0.5, 0.6) is 0 Å². The molecule has 6 nitrogen and oxygen atoms in total. The van der Waals surface area contributed by atoms with Crippen LogP contribution in [0.15, 0.2) is 24.3 Å². The van der Waals surface area contributed by atoms with Crippen molar-refractivity contribution < 1.29 is 14.4 Å². The van der Waals surface area contributed by atoms with Gasteiger partial charge in [-0.3, -0.25) is 14.5 Å². The van der Waals surface area contributed by atoms with E-state index < -0.39 is 11.6 Å². The van der Waals surface area contributed by atoms with Gasteiger partial charge in [0.05, 0.1) is 6.04 Å². The molecule has 6 heteroatoms. The molecule has 0 aromatic heterocycles. The Bertz CT molecular complexity index is 831. The maximum absolute atomic E-state index is 13.2. The Labute approximate surface area is 179 Å². The van der Waals surface area contributed by atoms with Crippen molar-refractivity contribution in [3.63, 3.8) is 0 Å². The first-order chi connectivity index (χ1) is 13.9. The Morgan fingerprint density at radius 2 is 1.73 bits per heavy atom. The van der Waals surface area contributed by atoms with Crippen molar-refractivity contribution in [3.8, 4) is 0 Å². The summed E-state index contributed by atoms with van der Waals surface area (Å²) in [4.78, 5) is 39.5. The number of nitrogens with zero attached hydrogens (tertiary/aromatic N) is 1. The Morgan fingerprint density at radius 1 is 1.13 bits per heavy atom. The second-order valence-electron chi connectivity index (χ2n) is 10.4. The number of urea groups is 1. The van der Waals surface area contributed by atoms with Gasteiger partial charge < -0.3 is 10.6 Å². The molecular weight excluding hydrogens is 378 g/mol. The number of amides is 4. The van der Waals surface area contributed by atoms with Gasteiger partial charge in [-0.25, -0.2) is 4.79 Å². The summed E-state index contributed by atoms with van der Waals surface area (Å²) in [5, 5.41) is 5.84. The molecule has 2 fully saturated rings. The molecule has 1 saturated heterocycles. The van der Waals surface area contributed by atoms with Gasteiger partial charge in [-0.2, -0.15) is 0 Å². The minimum Gasteiger partial charge on any atom is -0.348 e. The van der Waals surface area contributed by atoms with Crippen molar-refractivity contribution in [1.29, 1.82) is 0 Å². The van der Waals surface area contributed by atoms with Crippen LogP contribution in [-0.2, 0) is 9.59 Å². The molecule has 1 aliphatic carbocycles. The van der Waals surface area contributed by atoms with E-state index in [4.69, 9.17) is 0 Å². The molecule has 1 aromatic carbocycles. The second kappa shape index (κ2) is 8.05. The molecule has 1 heterocycles. The van der Waals surface area contributed by atoms with Crippen LogP contribution >= 0.6 is 0 Å². The summed E-state index contributed by atoms with van der Waals surface area (Å²) in [6, 6.07) is 7.48. The smallest absolute Gasteiger partial charge is 0.325 e. The molecule has 1 spiro atoms. The number of benzene rings is 1. The fourth-order valence-electron chi connectivity index (χ4n) is 5.33. The molecule has 2 aliphatic rings. The number of carbonyl (C=O) groups excluding carboxylic acids is 3. The predicted molar refractivity (Wildman–Crippen MR) is 117 cm³/mol. The average Bonchev–Trinajstić information content (AvgIpc) is 2.83. The highest BCUT2D eigenvalue weighted by Crippen LogP contribution is 2.46. The third-order valence-electron chi connectivity index (χ3n) is 6.41. The highest BCUT2D eigenvalue weighted by molar-refractivity contribution is 6.09. The molecule has 1 aromatic rings. The quantitative estimate of drug-likeness (QED) is 0.713. The molecule has 3 rings (SSSR count). The number of hydrogen-bond acceptors (Lipinski definition) is 3. The van der Waals surface area contributed by atoms with Gasteiger partial charge >= 0.3 is 6.03 Å². The molecule has 164 valence electrons. The predicted octanol–water partition coefficient (Wildman–Crippen LogP) is 4.12. The first-order valence-electron chi connectivity index (χ1n) is 11.0. The van der Waals surface area contributed by atoms with Gasteiger partial charge in [0.15, 0.2) is 0 Å². The first-order valence-corrected chi connectivity index (χ1v) is 11.0. The monoisotopic (exact) mass is 413 g/mol. The second-order valence-corrected chi connectivity index (χ2v) is 10.4. The van der Waals surface area contributed by atoms with E-state index >= 15 is 0 Å². The van der Waals surface area contributed by atoms with Crippen LogP contribution in [-0.4, -0.2) is 34.8 Å². The molecule has 1 saturated carbocycles. The van der Waals surface area contributed by atoms with Crippen LogP contribution in [0.2, 0.25) is 0 Å². The van der Waals surface area contributed by atoms with Crippen molar-refractivity contribution in [1.82, 2.24) is 15.5 Å². The summed E-state index contributed by atoms with van der Waals surface area (Å²) >= 11 is 0. The van der Waals surface area contributed by atoms with Gasteiger partial charge in [0.25, 0.3) is 5.91 Å². The average molecular weight is 414 g/mol. The summed E-state index contributed by atoms with van der Waals surface area (Å²) in [5.74, 6) is 0.180. The lowest BCUT2D eigenvalue weighted by molar-refractivity contribution is -0.137. The minimum atomic E-state index is -0.878. The lowest BCUT2D eigenvalue weighted by Crippen LogP contribution is -2.54. The molecule has 3 atom stereocenters. The molecule has 0 unspecified atom stereocenters. The largest absolute Gasteiger partial charge is 0.348 e. The number of imide groups is 1. The Morgan fingerprint density at radius 3 is 2.30 bits per heavy atom. The van der Waals surface area contributed by atoms with Crippen molar-refractivity contribution in [3.05, 3.63) is 35.4 Å². The van der Waals surface area contributed by atoms with E-state index in [2.05, 4.69) is 57.4 Å². The molecule has 4 amide bonds. The van der Waals surface area contributed by atoms with E-state index in [0.717, 1.165) is 16.9 Å². The standard InChI is InChI=1S/C24H35N3O3/c1-15(2)18-7-9-19(10-8-18)17(4)25-20(28)13-27-21(29)24(26-22(27)30)12-16(3)11-23(5,6)14-24/h7-10,15-17H,11-14H2,1-6H3,(H,25,28)(H,26,30)/t16-,17+,24-/m1/s1. The van der Waals surface area contributed by atoms with E-state index in [1.54, 1.807) is 0 Å². The topological polar surface area (TPSA) is 78.5 Å². The first kappa shape index (κ1) is 22.3. The van der Waals surface area contributed by atoms with E-state index in [0.29, 0.717) is 24.7 Å². The Kier molecular flexibility index (Phi) is 5.99. The number of nitrogens with one attached hydrogen (secondary N) is 2. The van der Waals surface area contributed by atoms with Crippen LogP contribution < -0.4 is 10.6 Å². The highest BCUT2D eigenvalue weighted by atomic mass is 16.2. The van der Waals surface area contributed by atoms with Gasteiger partial charge in [0.1, 0.15) is 12.1 Å². The van der Waals surface area contributed by atoms with Crippen LogP contribution in [0, 0.1) is 11.3 Å². The summed E-state index contributed by atoms with van der Waals surface area (Å²) in [7, 11) is 0. The Balaban J connectivity index is 1.65. The number of rotatable bonds is 5. The van der Waals surface area contributed by atoms with E-state index in [-0.39, 0.29) is 29.8 Å². The van der Waals surface area contributed by atoms with Gasteiger partial charge in [0, 0.05) is 0 Å². The van der Waals surface area contributed by atoms with Crippen molar-refractivity contribution in [2.75, 3.05) is 6.54 Å². The van der Waals surface area contributed by atoms with E-state index in [1.807, 2.05) is 19.1 Å². The summed E-state index contributed by atoms with van der Waals surface area (Å²) in [6.45, 7) is 12.3. The van der Waals surface area contributed by atoms with Crippen LogP contribution in [0.4, 0.5) is 4.79 Å². The fraction of sp³-hybridized carbons (Fsp3) is 0.625. The summed E-state index contributed by atoms with van der Waals surface area (Å²) in [5.41, 5.74) is 1.32. The van der Waals surface area contributed by atoms with Crippen LogP contribution in [0.25, 0.3) is 0 Å². The van der Waals surface area contributed by atoms with Gasteiger partial charge in [-0.15, -0.1) is 0 Å². The van der Waals surface area contributed by atoms with Crippen LogP contribution in [0.1, 0.15) is 83.9 Å². The third kappa shape index (κ3) is 4.52. The Hall–Kier alpha value is -2.37. The normalized spacial score (nSPS) is 26.8. The zero-order chi connectivity index (χ0) is 22.3. The van der Waals surface area contributed by atoms with E-state index in [1.165, 1.54) is 5.56 Å². The van der Waals surface area contributed by atoms with Crippen molar-refractivity contribution in [2.45, 2.75) is 78.3 Å². The zero-order valence-electron chi connectivity index (χ0n) is 19.0. The zero-order valence-corrected chi connectivity index (χ0v) is 19.0. The highest BCUT2D eigenvalue weighted by Gasteiger charge is 2.56. The molecular formula is C24H35N3O3. The maximum Gasteiger partial charge on any atom is 0.325 e. The fourth-order valence-corrected chi connectivity index (χ4v) is 5.33. The molecule has 0 bridgehead atoms. The number of hydrogen-bond donors (Lipinski definition) is 2. The maximum atomic E-state index is 13.2. The molecule has 1 aliphatic heterocycles. The van der Waals surface area contributed by atoms with Crippen molar-refractivity contribution in [2.24, 2.45) is 11.3 Å². The summed E-state index contributed by atoms with van der Waals surface area (Å²) in [6.07, 6.45) is 2.24. The molecule has 2 N–H and O–H groups in total. The molecule has 30 heavy (non-hydrogen) atoms. The summed E-state index contributed by atoms with van der Waals surface area (Å²) < 4.78 is 0. The lowest BCUT2D eigenvalue weighted by Gasteiger charge is -2.43. The van der Waals surface area contributed by atoms with E-state index in [9.17, 15) is 14.4 Å².